The molecule has 5 nitrogen and oxygen atoms in total. The maximum Gasteiger partial charge on any atom is 0.254 e. The Morgan fingerprint density at radius 2 is 1.64 bits per heavy atom. The molecule has 0 N–H and O–H groups in total. The number of carbonyl (C=O) groups is 1. The minimum absolute atomic E-state index is 0.0145. The molecule has 2 aromatic rings. The van der Waals surface area contributed by atoms with Gasteiger partial charge in [0.15, 0.2) is 11.5 Å². The van der Waals surface area contributed by atoms with Crippen molar-refractivity contribution in [1.29, 1.82) is 0 Å². The predicted molar refractivity (Wildman–Crippen MR) is 109 cm³/mol. The number of carbonyl (C=O) groups excluding carboxylic acids is 1. The van der Waals surface area contributed by atoms with E-state index in [2.05, 4.69) is 0 Å². The van der Waals surface area contributed by atoms with Crippen molar-refractivity contribution >= 4 is 5.91 Å². The van der Waals surface area contributed by atoms with Crippen molar-refractivity contribution in [3.8, 4) is 17.2 Å². The second-order valence-corrected chi connectivity index (χ2v) is 7.01. The van der Waals surface area contributed by atoms with Crippen molar-refractivity contribution in [3.63, 3.8) is 0 Å². The maximum absolute atomic E-state index is 13.2. The van der Waals surface area contributed by atoms with Crippen molar-refractivity contribution in [2.24, 2.45) is 0 Å². The second kappa shape index (κ2) is 9.49. The summed E-state index contributed by atoms with van der Waals surface area (Å²) in [5.74, 6) is 1.53. The van der Waals surface area contributed by atoms with Crippen LogP contribution in [0.3, 0.4) is 0 Å². The van der Waals surface area contributed by atoms with Gasteiger partial charge in [0.2, 0.25) is 5.75 Å². The highest BCUT2D eigenvalue weighted by molar-refractivity contribution is 5.96. The first-order valence-electron chi connectivity index (χ1n) is 9.91. The minimum Gasteiger partial charge on any atom is -0.493 e. The summed E-state index contributed by atoms with van der Waals surface area (Å²) in [5.41, 5.74) is 1.61. The summed E-state index contributed by atoms with van der Waals surface area (Å²) in [5, 5.41) is 0. The van der Waals surface area contributed by atoms with Crippen molar-refractivity contribution in [3.05, 3.63) is 53.6 Å². The topological polar surface area (TPSA) is 48.0 Å². The Morgan fingerprint density at radius 1 is 1.04 bits per heavy atom. The lowest BCUT2D eigenvalue weighted by atomic mass is 10.1. The summed E-state index contributed by atoms with van der Waals surface area (Å²) in [6.45, 7) is 3.12. The van der Waals surface area contributed by atoms with Crippen LogP contribution in [0.1, 0.15) is 48.5 Å². The Balaban J connectivity index is 1.86. The van der Waals surface area contributed by atoms with E-state index < -0.39 is 0 Å². The van der Waals surface area contributed by atoms with Crippen LogP contribution in [0.4, 0.5) is 0 Å². The van der Waals surface area contributed by atoms with E-state index in [1.54, 1.807) is 26.4 Å². The molecule has 1 aliphatic carbocycles. The Bertz CT molecular complexity index is 759. The summed E-state index contributed by atoms with van der Waals surface area (Å²) in [4.78, 5) is 15.1. The largest absolute Gasteiger partial charge is 0.493 e. The van der Waals surface area contributed by atoms with Crippen molar-refractivity contribution in [2.75, 3.05) is 20.8 Å². The van der Waals surface area contributed by atoms with Gasteiger partial charge in [-0.05, 0) is 37.5 Å². The van der Waals surface area contributed by atoms with Gasteiger partial charge in [-0.1, -0.05) is 43.2 Å². The zero-order valence-electron chi connectivity index (χ0n) is 16.9. The number of hydrogen-bond acceptors (Lipinski definition) is 4. The molecule has 3 rings (SSSR count). The van der Waals surface area contributed by atoms with Crippen LogP contribution in [0.25, 0.3) is 0 Å². The average molecular weight is 383 g/mol. The van der Waals surface area contributed by atoms with E-state index in [-0.39, 0.29) is 5.91 Å². The van der Waals surface area contributed by atoms with Gasteiger partial charge in [-0.15, -0.1) is 0 Å². The van der Waals surface area contributed by atoms with Crippen molar-refractivity contribution in [2.45, 2.75) is 45.3 Å². The van der Waals surface area contributed by atoms with Crippen LogP contribution in [0.5, 0.6) is 17.2 Å². The number of rotatable bonds is 8. The number of hydrogen-bond donors (Lipinski definition) is 0. The third-order valence-electron chi connectivity index (χ3n) is 5.30. The fourth-order valence-electron chi connectivity index (χ4n) is 3.82. The zero-order chi connectivity index (χ0) is 19.9. The third kappa shape index (κ3) is 4.41. The Labute approximate surface area is 167 Å². The molecule has 2 aromatic carbocycles. The summed E-state index contributed by atoms with van der Waals surface area (Å²) in [6.07, 6.45) is 4.53. The summed E-state index contributed by atoms with van der Waals surface area (Å²) < 4.78 is 17.0. The van der Waals surface area contributed by atoms with Gasteiger partial charge in [0.05, 0.1) is 14.2 Å². The lowest BCUT2D eigenvalue weighted by Crippen LogP contribution is -2.38. The fourth-order valence-corrected chi connectivity index (χ4v) is 3.82. The summed E-state index contributed by atoms with van der Waals surface area (Å²) in [7, 11) is 3.15. The quantitative estimate of drug-likeness (QED) is 0.664. The van der Waals surface area contributed by atoms with Crippen molar-refractivity contribution < 1.29 is 19.0 Å². The standard InChI is InChI=1S/C23H29NO4/c1-4-24(19-12-8-9-13-19)23(25)18-14-20(26-2)22(21(15-18)27-3)28-16-17-10-6-5-7-11-17/h5-7,10-11,14-15,19H,4,8-9,12-13,16H2,1-3H3. The molecule has 0 bridgehead atoms. The van der Waals surface area contributed by atoms with Crippen LogP contribution in [0.15, 0.2) is 42.5 Å². The van der Waals surface area contributed by atoms with Crippen LogP contribution in [0, 0.1) is 0 Å². The van der Waals surface area contributed by atoms with Crippen LogP contribution in [-0.4, -0.2) is 37.6 Å². The zero-order valence-corrected chi connectivity index (χ0v) is 16.9. The molecule has 0 saturated heterocycles. The second-order valence-electron chi connectivity index (χ2n) is 7.01. The first-order valence-corrected chi connectivity index (χ1v) is 9.91. The molecule has 1 saturated carbocycles. The molecule has 0 heterocycles. The molecular weight excluding hydrogens is 354 g/mol. The molecule has 5 heteroatoms. The first kappa shape index (κ1) is 20.1. The van der Waals surface area contributed by atoms with Gasteiger partial charge in [-0.3, -0.25) is 4.79 Å². The number of benzene rings is 2. The van der Waals surface area contributed by atoms with Crippen LogP contribution >= 0.6 is 0 Å². The maximum atomic E-state index is 13.2. The molecule has 0 unspecified atom stereocenters. The van der Waals surface area contributed by atoms with E-state index in [1.807, 2.05) is 42.2 Å². The molecule has 1 fully saturated rings. The lowest BCUT2D eigenvalue weighted by molar-refractivity contribution is 0.0692. The lowest BCUT2D eigenvalue weighted by Gasteiger charge is -2.28. The number of amides is 1. The van der Waals surface area contributed by atoms with Crippen LogP contribution in [0.2, 0.25) is 0 Å². The third-order valence-corrected chi connectivity index (χ3v) is 5.30. The normalized spacial score (nSPS) is 14.0. The van der Waals surface area contributed by atoms with Gasteiger partial charge in [-0.25, -0.2) is 0 Å². The average Bonchev–Trinajstić information content (AvgIpc) is 3.27. The number of ether oxygens (including phenoxy) is 3. The molecule has 0 atom stereocenters. The highest BCUT2D eigenvalue weighted by Crippen LogP contribution is 2.39. The van der Waals surface area contributed by atoms with Gasteiger partial charge in [-0.2, -0.15) is 0 Å². The van der Waals surface area contributed by atoms with E-state index in [4.69, 9.17) is 14.2 Å². The molecule has 150 valence electrons. The fraction of sp³-hybridized carbons (Fsp3) is 0.435. The van der Waals surface area contributed by atoms with E-state index in [1.165, 1.54) is 12.8 Å². The number of methoxy groups -OCH3 is 2. The molecule has 1 aliphatic rings. The molecule has 0 aliphatic heterocycles. The van der Waals surface area contributed by atoms with E-state index >= 15 is 0 Å². The molecular formula is C23H29NO4. The van der Waals surface area contributed by atoms with E-state index in [0.717, 1.165) is 18.4 Å². The molecule has 1 amide bonds. The first-order chi connectivity index (χ1) is 13.7. The monoisotopic (exact) mass is 383 g/mol. The summed E-state index contributed by atoms with van der Waals surface area (Å²) >= 11 is 0. The minimum atomic E-state index is 0.0145. The highest BCUT2D eigenvalue weighted by atomic mass is 16.5. The Hall–Kier alpha value is -2.69. The Morgan fingerprint density at radius 3 is 2.18 bits per heavy atom. The molecule has 0 spiro atoms. The van der Waals surface area contributed by atoms with E-state index in [9.17, 15) is 4.79 Å². The predicted octanol–water partition coefficient (Wildman–Crippen LogP) is 4.69. The smallest absolute Gasteiger partial charge is 0.254 e. The number of nitrogens with zero attached hydrogens (tertiary/aromatic N) is 1. The highest BCUT2D eigenvalue weighted by Gasteiger charge is 2.28. The van der Waals surface area contributed by atoms with Gasteiger partial charge < -0.3 is 19.1 Å². The van der Waals surface area contributed by atoms with Crippen molar-refractivity contribution in [1.82, 2.24) is 4.90 Å². The van der Waals surface area contributed by atoms with Gasteiger partial charge >= 0.3 is 0 Å². The van der Waals surface area contributed by atoms with Gasteiger partial charge in [0.1, 0.15) is 6.61 Å². The Kier molecular flexibility index (Phi) is 6.80. The SMILES string of the molecule is CCN(C(=O)c1cc(OC)c(OCc2ccccc2)c(OC)c1)C1CCCC1. The summed E-state index contributed by atoms with van der Waals surface area (Å²) in [6, 6.07) is 13.7. The van der Waals surface area contributed by atoms with Gasteiger partial charge in [0.25, 0.3) is 5.91 Å². The molecule has 0 aromatic heterocycles. The van der Waals surface area contributed by atoms with Crippen LogP contribution < -0.4 is 14.2 Å². The van der Waals surface area contributed by atoms with E-state index in [0.29, 0.717) is 42.0 Å². The van der Waals surface area contributed by atoms with Crippen LogP contribution in [-0.2, 0) is 6.61 Å². The molecule has 28 heavy (non-hydrogen) atoms. The molecule has 0 radical (unpaired) electrons. The van der Waals surface area contributed by atoms with Gasteiger partial charge in [0, 0.05) is 18.2 Å².